The summed E-state index contributed by atoms with van der Waals surface area (Å²) in [5, 5.41) is 15.3. The molecule has 0 fully saturated rings. The van der Waals surface area contributed by atoms with Crippen molar-refractivity contribution in [1.29, 1.82) is 0 Å². The van der Waals surface area contributed by atoms with Crippen LogP contribution in [0.25, 0.3) is 10.8 Å². The van der Waals surface area contributed by atoms with Crippen LogP contribution in [0.2, 0.25) is 0 Å². The lowest BCUT2D eigenvalue weighted by Crippen LogP contribution is -2.05. The molecule has 6 heteroatoms. The molecule has 2 rings (SSSR count). The van der Waals surface area contributed by atoms with E-state index in [9.17, 15) is 5.11 Å². The first-order valence-electron chi connectivity index (χ1n) is 5.98. The molecule has 0 aliphatic heterocycles. The van der Waals surface area contributed by atoms with Crippen LogP contribution in [0.15, 0.2) is 16.0 Å². The second-order valence-corrected chi connectivity index (χ2v) is 4.74. The third-order valence-electron chi connectivity index (χ3n) is 2.49. The number of aromatic hydroxyl groups is 1. The van der Waals surface area contributed by atoms with E-state index in [1.807, 2.05) is 6.92 Å². The molecule has 1 unspecified atom stereocenters. The fourth-order valence-electron chi connectivity index (χ4n) is 1.67. The first kappa shape index (κ1) is 13.0. The summed E-state index contributed by atoms with van der Waals surface area (Å²) in [4.78, 5) is 4.90. The smallest absolute Gasteiger partial charge is 0.271 e. The summed E-state index contributed by atoms with van der Waals surface area (Å²) in [6.45, 7) is 4.63. The monoisotopic (exact) mass is 268 g/mol. The summed E-state index contributed by atoms with van der Waals surface area (Å²) in [7, 11) is 0. The van der Waals surface area contributed by atoms with E-state index in [0.717, 1.165) is 12.8 Å². The van der Waals surface area contributed by atoms with E-state index in [4.69, 9.17) is 9.26 Å². The molecular weight excluding hydrogens is 252 g/mol. The lowest BCUT2D eigenvalue weighted by Gasteiger charge is -2.10. The van der Waals surface area contributed by atoms with Crippen molar-refractivity contribution in [2.75, 3.05) is 6.61 Å². The molecule has 1 N–H and O–H groups in total. The Bertz CT molecular complexity index is 489. The minimum absolute atomic E-state index is 0.139. The van der Waals surface area contributed by atoms with Crippen molar-refractivity contribution in [3.63, 3.8) is 0 Å². The van der Waals surface area contributed by atoms with Gasteiger partial charge < -0.3 is 14.4 Å². The Morgan fingerprint density at radius 3 is 2.94 bits per heavy atom. The molecule has 0 aromatic carbocycles. The van der Waals surface area contributed by atoms with E-state index >= 15 is 0 Å². The molecule has 2 heterocycles. The number of thiophene rings is 1. The van der Waals surface area contributed by atoms with Gasteiger partial charge in [0.25, 0.3) is 5.89 Å². The van der Waals surface area contributed by atoms with Gasteiger partial charge in [0, 0.05) is 6.61 Å². The number of ether oxygens (including phenoxy) is 1. The molecule has 18 heavy (non-hydrogen) atoms. The first-order chi connectivity index (χ1) is 8.76. The number of hydrogen-bond acceptors (Lipinski definition) is 6. The minimum atomic E-state index is -0.139. The van der Waals surface area contributed by atoms with Crippen molar-refractivity contribution >= 4 is 11.3 Å². The molecule has 0 aliphatic carbocycles. The number of rotatable bonds is 6. The molecule has 98 valence electrons. The summed E-state index contributed by atoms with van der Waals surface area (Å²) in [6, 6.07) is 1.61. The van der Waals surface area contributed by atoms with Crippen LogP contribution < -0.4 is 0 Å². The van der Waals surface area contributed by atoms with Gasteiger partial charge in [0.2, 0.25) is 5.82 Å². The highest BCUT2D eigenvalue weighted by molar-refractivity contribution is 7.13. The fraction of sp³-hybridized carbons (Fsp3) is 0.500. The molecule has 0 aliphatic rings. The van der Waals surface area contributed by atoms with Gasteiger partial charge in [-0.3, -0.25) is 0 Å². The zero-order valence-corrected chi connectivity index (χ0v) is 11.2. The highest BCUT2D eigenvalue weighted by Gasteiger charge is 2.20. The Labute approximate surface area is 109 Å². The van der Waals surface area contributed by atoms with Crippen molar-refractivity contribution in [1.82, 2.24) is 10.1 Å². The Kier molecular flexibility index (Phi) is 4.33. The lowest BCUT2D eigenvalue weighted by molar-refractivity contribution is 0.0478. The van der Waals surface area contributed by atoms with E-state index < -0.39 is 0 Å². The zero-order chi connectivity index (χ0) is 13.0. The van der Waals surface area contributed by atoms with Crippen molar-refractivity contribution < 1.29 is 14.4 Å². The highest BCUT2D eigenvalue weighted by atomic mass is 32.1. The van der Waals surface area contributed by atoms with Crippen LogP contribution in [0, 0.1) is 0 Å². The van der Waals surface area contributed by atoms with Crippen LogP contribution >= 0.6 is 11.3 Å². The summed E-state index contributed by atoms with van der Waals surface area (Å²) in [5.74, 6) is 1.05. The predicted molar refractivity (Wildman–Crippen MR) is 68.6 cm³/mol. The van der Waals surface area contributed by atoms with Gasteiger partial charge >= 0.3 is 0 Å². The van der Waals surface area contributed by atoms with Gasteiger partial charge in [-0.15, -0.1) is 11.3 Å². The van der Waals surface area contributed by atoms with E-state index in [1.54, 1.807) is 11.4 Å². The van der Waals surface area contributed by atoms with Crippen molar-refractivity contribution in [2.45, 2.75) is 32.8 Å². The van der Waals surface area contributed by atoms with Gasteiger partial charge in [0.05, 0.1) is 0 Å². The maximum atomic E-state index is 9.61. The second kappa shape index (κ2) is 5.97. The molecule has 0 amide bonds. The molecule has 5 nitrogen and oxygen atoms in total. The van der Waals surface area contributed by atoms with Crippen molar-refractivity contribution in [3.05, 3.63) is 17.3 Å². The molecular formula is C12H16N2O3S. The quantitative estimate of drug-likeness (QED) is 0.869. The summed E-state index contributed by atoms with van der Waals surface area (Å²) < 4.78 is 10.8. The summed E-state index contributed by atoms with van der Waals surface area (Å²) in [6.07, 6.45) is 1.70. The highest BCUT2D eigenvalue weighted by Crippen LogP contribution is 2.34. The molecule has 2 aromatic rings. The molecule has 0 saturated carbocycles. The Morgan fingerprint density at radius 2 is 2.33 bits per heavy atom. The lowest BCUT2D eigenvalue weighted by atomic mass is 10.2. The third-order valence-corrected chi connectivity index (χ3v) is 3.38. The van der Waals surface area contributed by atoms with Gasteiger partial charge in [-0.1, -0.05) is 18.5 Å². The molecule has 1 atom stereocenters. The molecule has 0 saturated heterocycles. The fourth-order valence-corrected chi connectivity index (χ4v) is 2.38. The van der Waals surface area contributed by atoms with Crippen LogP contribution in [0.1, 0.15) is 38.6 Å². The van der Waals surface area contributed by atoms with E-state index in [-0.39, 0.29) is 11.9 Å². The Hall–Kier alpha value is -1.40. The second-order valence-electron chi connectivity index (χ2n) is 3.83. The summed E-state index contributed by atoms with van der Waals surface area (Å²) in [5.41, 5.74) is 0. The Morgan fingerprint density at radius 1 is 1.50 bits per heavy atom. The van der Waals surface area contributed by atoms with Gasteiger partial charge in [-0.2, -0.15) is 4.98 Å². The molecule has 0 bridgehead atoms. The maximum Gasteiger partial charge on any atom is 0.271 e. The van der Waals surface area contributed by atoms with Gasteiger partial charge in [0.15, 0.2) is 0 Å². The standard InChI is InChI=1S/C12H16N2O3S/c1-3-5-9(16-4-2)11-13-12(17-14-11)10-8(15)6-7-18-10/h6-7,9,15H,3-5H2,1-2H3. The van der Waals surface area contributed by atoms with E-state index in [0.29, 0.717) is 23.2 Å². The van der Waals surface area contributed by atoms with E-state index in [2.05, 4.69) is 17.1 Å². The average molecular weight is 268 g/mol. The van der Waals surface area contributed by atoms with Crippen LogP contribution in [0.4, 0.5) is 0 Å². The third kappa shape index (κ3) is 2.70. The van der Waals surface area contributed by atoms with Gasteiger partial charge in [-0.05, 0) is 24.8 Å². The summed E-state index contributed by atoms with van der Waals surface area (Å²) >= 11 is 1.37. The van der Waals surface area contributed by atoms with Gasteiger partial charge in [-0.25, -0.2) is 0 Å². The molecule has 0 radical (unpaired) electrons. The van der Waals surface area contributed by atoms with Crippen LogP contribution in [-0.4, -0.2) is 21.9 Å². The molecule has 2 aromatic heterocycles. The topological polar surface area (TPSA) is 68.4 Å². The number of nitrogens with zero attached hydrogens (tertiary/aromatic N) is 2. The molecule has 0 spiro atoms. The van der Waals surface area contributed by atoms with Crippen LogP contribution in [0.5, 0.6) is 5.75 Å². The predicted octanol–water partition coefficient (Wildman–Crippen LogP) is 3.38. The van der Waals surface area contributed by atoms with Gasteiger partial charge in [0.1, 0.15) is 16.7 Å². The first-order valence-corrected chi connectivity index (χ1v) is 6.86. The minimum Gasteiger partial charge on any atom is -0.506 e. The maximum absolute atomic E-state index is 9.61. The van der Waals surface area contributed by atoms with Crippen molar-refractivity contribution in [3.8, 4) is 16.5 Å². The van der Waals surface area contributed by atoms with Crippen LogP contribution in [-0.2, 0) is 4.74 Å². The normalized spacial score (nSPS) is 12.8. The zero-order valence-electron chi connectivity index (χ0n) is 10.4. The SMILES string of the molecule is CCCC(OCC)c1noc(-c2sccc2O)n1. The van der Waals surface area contributed by atoms with Crippen LogP contribution in [0.3, 0.4) is 0 Å². The largest absolute Gasteiger partial charge is 0.506 e. The average Bonchev–Trinajstić information content (AvgIpc) is 2.97. The van der Waals surface area contributed by atoms with E-state index in [1.165, 1.54) is 11.3 Å². The number of hydrogen-bond donors (Lipinski definition) is 1. The number of aromatic nitrogens is 2. The van der Waals surface area contributed by atoms with Crippen molar-refractivity contribution in [2.24, 2.45) is 0 Å². The Balaban J connectivity index is 2.21.